The smallest absolute Gasteiger partial charge is 0.395 e. The molecule has 0 heterocycles. The first kappa shape index (κ1) is 15.0. The number of para-hydroxylation sites is 2. The molecular weight excluding hydrogens is 263 g/mol. The van der Waals surface area contributed by atoms with Gasteiger partial charge in [0.1, 0.15) is 11.5 Å². The number of hydrogen-bond donors (Lipinski definition) is 1. The molecule has 0 saturated heterocycles. The molecular formula is C14H15O4P. The predicted molar refractivity (Wildman–Crippen MR) is 75.2 cm³/mol. The van der Waals surface area contributed by atoms with Gasteiger partial charge in [-0.25, -0.2) is 4.57 Å². The standard InChI is InChI=1S/C12H11O4P.C2H4/c13-17(14,15-11-7-3-1-4-8-11)16-12-9-5-2-6-10-12;1-2/h1-10H,(H,13,14);1-2H2. The molecule has 0 aliphatic carbocycles. The van der Waals surface area contributed by atoms with E-state index in [4.69, 9.17) is 9.05 Å². The summed E-state index contributed by atoms with van der Waals surface area (Å²) in [6.07, 6.45) is 0. The van der Waals surface area contributed by atoms with Crippen LogP contribution >= 0.6 is 7.82 Å². The Bertz CT molecular complexity index is 482. The van der Waals surface area contributed by atoms with Gasteiger partial charge in [0.2, 0.25) is 0 Å². The number of phosphoric ester groups is 1. The zero-order chi connectivity index (χ0) is 14.1. The second-order valence-electron chi connectivity index (χ2n) is 3.28. The highest BCUT2D eigenvalue weighted by molar-refractivity contribution is 7.48. The maximum absolute atomic E-state index is 11.7. The predicted octanol–water partition coefficient (Wildman–Crippen LogP) is 4.05. The van der Waals surface area contributed by atoms with Gasteiger partial charge in [0.25, 0.3) is 0 Å². The van der Waals surface area contributed by atoms with E-state index < -0.39 is 7.82 Å². The van der Waals surface area contributed by atoms with Crippen LogP contribution in [0.5, 0.6) is 11.5 Å². The molecule has 0 fully saturated rings. The van der Waals surface area contributed by atoms with E-state index >= 15 is 0 Å². The SMILES string of the molecule is C=C.O=P(O)(Oc1ccccc1)Oc1ccccc1. The Morgan fingerprint density at radius 1 is 0.789 bits per heavy atom. The molecule has 0 atom stereocenters. The fourth-order valence-electron chi connectivity index (χ4n) is 1.25. The van der Waals surface area contributed by atoms with Crippen molar-refractivity contribution >= 4 is 7.82 Å². The highest BCUT2D eigenvalue weighted by Crippen LogP contribution is 2.43. The van der Waals surface area contributed by atoms with Gasteiger partial charge in [-0.3, -0.25) is 4.89 Å². The zero-order valence-corrected chi connectivity index (χ0v) is 11.2. The molecule has 0 aromatic heterocycles. The molecule has 0 saturated carbocycles. The van der Waals surface area contributed by atoms with Crippen molar-refractivity contribution < 1.29 is 18.5 Å². The second-order valence-corrected chi connectivity index (χ2v) is 4.58. The van der Waals surface area contributed by atoms with E-state index in [1.807, 2.05) is 0 Å². The molecule has 100 valence electrons. The van der Waals surface area contributed by atoms with E-state index in [1.54, 1.807) is 60.7 Å². The normalized spacial score (nSPS) is 9.95. The Hall–Kier alpha value is -2.03. The first-order valence-corrected chi connectivity index (χ1v) is 6.97. The zero-order valence-electron chi connectivity index (χ0n) is 10.3. The van der Waals surface area contributed by atoms with Gasteiger partial charge < -0.3 is 9.05 Å². The minimum atomic E-state index is -4.14. The summed E-state index contributed by atoms with van der Waals surface area (Å²) in [5, 5.41) is 0. The molecule has 0 aliphatic rings. The lowest BCUT2D eigenvalue weighted by Crippen LogP contribution is -1.99. The minimum absolute atomic E-state index is 0.286. The molecule has 0 unspecified atom stereocenters. The van der Waals surface area contributed by atoms with E-state index in [2.05, 4.69) is 13.2 Å². The molecule has 1 N–H and O–H groups in total. The van der Waals surface area contributed by atoms with Crippen molar-refractivity contribution in [3.05, 3.63) is 73.8 Å². The third kappa shape index (κ3) is 5.42. The number of benzene rings is 2. The van der Waals surface area contributed by atoms with E-state index in [9.17, 15) is 9.46 Å². The monoisotopic (exact) mass is 278 g/mol. The first-order chi connectivity index (χ1) is 9.16. The van der Waals surface area contributed by atoms with Gasteiger partial charge in [-0.2, -0.15) is 0 Å². The maximum atomic E-state index is 11.7. The van der Waals surface area contributed by atoms with Crippen LogP contribution in [-0.2, 0) is 4.57 Å². The van der Waals surface area contributed by atoms with E-state index in [0.29, 0.717) is 0 Å². The van der Waals surface area contributed by atoms with Crippen molar-refractivity contribution in [2.24, 2.45) is 0 Å². The summed E-state index contributed by atoms with van der Waals surface area (Å²) >= 11 is 0. The third-order valence-electron chi connectivity index (χ3n) is 1.93. The summed E-state index contributed by atoms with van der Waals surface area (Å²) in [5.41, 5.74) is 0. The van der Waals surface area contributed by atoms with E-state index in [-0.39, 0.29) is 11.5 Å². The highest BCUT2D eigenvalue weighted by atomic mass is 31.2. The average molecular weight is 278 g/mol. The minimum Gasteiger partial charge on any atom is -0.395 e. The molecule has 2 aromatic rings. The summed E-state index contributed by atoms with van der Waals surface area (Å²) in [6.45, 7) is 6.00. The third-order valence-corrected chi connectivity index (χ3v) is 2.81. The highest BCUT2D eigenvalue weighted by Gasteiger charge is 2.24. The lowest BCUT2D eigenvalue weighted by Gasteiger charge is -2.13. The van der Waals surface area contributed by atoms with Crippen molar-refractivity contribution in [3.63, 3.8) is 0 Å². The van der Waals surface area contributed by atoms with Crippen molar-refractivity contribution in [3.8, 4) is 11.5 Å². The molecule has 5 heteroatoms. The summed E-state index contributed by atoms with van der Waals surface area (Å²) in [4.78, 5) is 9.53. The van der Waals surface area contributed by atoms with Crippen LogP contribution < -0.4 is 9.05 Å². The Kier molecular flexibility index (Phi) is 5.86. The molecule has 19 heavy (non-hydrogen) atoms. The van der Waals surface area contributed by atoms with Gasteiger partial charge in [0, 0.05) is 0 Å². The lowest BCUT2D eigenvalue weighted by atomic mass is 10.3. The molecule has 4 nitrogen and oxygen atoms in total. The number of phosphoric acid groups is 1. The van der Waals surface area contributed by atoms with Gasteiger partial charge in [-0.15, -0.1) is 13.2 Å². The van der Waals surface area contributed by atoms with Crippen LogP contribution in [0.2, 0.25) is 0 Å². The van der Waals surface area contributed by atoms with Crippen LogP contribution in [0.15, 0.2) is 73.8 Å². The fourth-order valence-corrected chi connectivity index (χ4v) is 2.06. The molecule has 2 rings (SSSR count). The van der Waals surface area contributed by atoms with Gasteiger partial charge in [0.05, 0.1) is 0 Å². The van der Waals surface area contributed by atoms with E-state index in [1.165, 1.54) is 0 Å². The summed E-state index contributed by atoms with van der Waals surface area (Å²) in [7, 11) is -4.14. The Balaban J connectivity index is 0.000000861. The maximum Gasteiger partial charge on any atom is 0.584 e. The van der Waals surface area contributed by atoms with Gasteiger partial charge in [0.15, 0.2) is 0 Å². The van der Waals surface area contributed by atoms with Crippen molar-refractivity contribution in [2.45, 2.75) is 0 Å². The quantitative estimate of drug-likeness (QED) is 0.677. The van der Waals surface area contributed by atoms with E-state index in [0.717, 1.165) is 0 Å². The lowest BCUT2D eigenvalue weighted by molar-refractivity contribution is 0.291. The first-order valence-electron chi connectivity index (χ1n) is 5.48. The number of rotatable bonds is 4. The van der Waals surface area contributed by atoms with Crippen molar-refractivity contribution in [1.29, 1.82) is 0 Å². The summed E-state index contributed by atoms with van der Waals surface area (Å²) in [5.74, 6) is 0.573. The second kappa shape index (κ2) is 7.41. The number of hydrogen-bond acceptors (Lipinski definition) is 3. The summed E-state index contributed by atoms with van der Waals surface area (Å²) < 4.78 is 21.5. The fraction of sp³-hybridized carbons (Fsp3) is 0. The molecule has 0 amide bonds. The molecule has 0 aliphatic heterocycles. The summed E-state index contributed by atoms with van der Waals surface area (Å²) in [6, 6.07) is 16.7. The van der Waals surface area contributed by atoms with Crippen LogP contribution in [0.4, 0.5) is 0 Å². The topological polar surface area (TPSA) is 55.8 Å². The van der Waals surface area contributed by atoms with Crippen molar-refractivity contribution in [1.82, 2.24) is 0 Å². The molecule has 2 aromatic carbocycles. The van der Waals surface area contributed by atoms with Gasteiger partial charge in [-0.1, -0.05) is 36.4 Å². The van der Waals surface area contributed by atoms with Crippen molar-refractivity contribution in [2.75, 3.05) is 0 Å². The molecule has 0 bridgehead atoms. The van der Waals surface area contributed by atoms with Crippen LogP contribution in [0.3, 0.4) is 0 Å². The van der Waals surface area contributed by atoms with Gasteiger partial charge >= 0.3 is 7.82 Å². The molecule has 0 spiro atoms. The average Bonchev–Trinajstić information content (AvgIpc) is 2.42. The van der Waals surface area contributed by atoms with Crippen LogP contribution in [0, 0.1) is 0 Å². The van der Waals surface area contributed by atoms with Crippen LogP contribution in [0.25, 0.3) is 0 Å². The van der Waals surface area contributed by atoms with Crippen LogP contribution in [-0.4, -0.2) is 4.89 Å². The van der Waals surface area contributed by atoms with Gasteiger partial charge in [-0.05, 0) is 24.3 Å². The Morgan fingerprint density at radius 3 is 1.42 bits per heavy atom. The van der Waals surface area contributed by atoms with Crippen LogP contribution in [0.1, 0.15) is 0 Å². The largest absolute Gasteiger partial charge is 0.584 e. The molecule has 0 radical (unpaired) electrons. The Morgan fingerprint density at radius 2 is 1.11 bits per heavy atom. The Labute approximate surface area is 112 Å².